The van der Waals surface area contributed by atoms with Crippen LogP contribution < -0.4 is 10.5 Å². The van der Waals surface area contributed by atoms with Gasteiger partial charge in [0, 0.05) is 12.6 Å². The van der Waals surface area contributed by atoms with E-state index in [-0.39, 0.29) is 24.2 Å². The van der Waals surface area contributed by atoms with Crippen LogP contribution >= 0.6 is 12.4 Å². The Morgan fingerprint density at radius 1 is 1.24 bits per heavy atom. The molecule has 0 amide bonds. The first-order valence-corrected chi connectivity index (χ1v) is 8.93. The summed E-state index contributed by atoms with van der Waals surface area (Å²) >= 11 is 0. The molecule has 1 fully saturated rings. The van der Waals surface area contributed by atoms with E-state index in [4.69, 9.17) is 5.73 Å². The largest absolute Gasteiger partial charge is 0.324 e. The van der Waals surface area contributed by atoms with E-state index in [0.29, 0.717) is 12.5 Å². The van der Waals surface area contributed by atoms with Crippen LogP contribution in [0.1, 0.15) is 49.8 Å². The zero-order valence-corrected chi connectivity index (χ0v) is 14.1. The molecule has 0 bridgehead atoms. The maximum Gasteiger partial charge on any atom is 0.212 e. The third kappa shape index (κ3) is 5.94. The molecule has 1 aromatic carbocycles. The first-order chi connectivity index (χ1) is 9.46. The van der Waals surface area contributed by atoms with E-state index in [1.807, 2.05) is 31.2 Å². The van der Waals surface area contributed by atoms with Gasteiger partial charge in [0.1, 0.15) is 0 Å². The van der Waals surface area contributed by atoms with Gasteiger partial charge in [0.2, 0.25) is 10.0 Å². The molecule has 6 heteroatoms. The highest BCUT2D eigenvalue weighted by Gasteiger charge is 2.22. The van der Waals surface area contributed by atoms with Gasteiger partial charge in [-0.05, 0) is 36.8 Å². The second-order valence-corrected chi connectivity index (χ2v) is 7.63. The van der Waals surface area contributed by atoms with E-state index in [0.717, 1.165) is 24.0 Å². The van der Waals surface area contributed by atoms with Crippen LogP contribution in [0.3, 0.4) is 0 Å². The van der Waals surface area contributed by atoms with Crippen molar-refractivity contribution in [3.05, 3.63) is 35.4 Å². The lowest BCUT2D eigenvalue weighted by Gasteiger charge is -2.12. The lowest BCUT2D eigenvalue weighted by Crippen LogP contribution is -2.28. The first kappa shape index (κ1) is 18.4. The highest BCUT2D eigenvalue weighted by molar-refractivity contribution is 7.89. The Morgan fingerprint density at radius 3 is 2.33 bits per heavy atom. The van der Waals surface area contributed by atoms with Crippen LogP contribution in [0.4, 0.5) is 0 Å². The van der Waals surface area contributed by atoms with Gasteiger partial charge in [0.25, 0.3) is 0 Å². The number of sulfonamides is 1. The second-order valence-electron chi connectivity index (χ2n) is 5.78. The molecule has 1 unspecified atom stereocenters. The molecule has 0 aromatic heterocycles. The maximum absolute atomic E-state index is 12.0. The van der Waals surface area contributed by atoms with Gasteiger partial charge in [0.05, 0.1) is 5.75 Å². The molecule has 0 spiro atoms. The Bertz CT molecular complexity index is 523. The van der Waals surface area contributed by atoms with Crippen LogP contribution in [0.5, 0.6) is 0 Å². The molecule has 0 radical (unpaired) electrons. The van der Waals surface area contributed by atoms with Crippen molar-refractivity contribution in [2.45, 2.75) is 45.2 Å². The van der Waals surface area contributed by atoms with E-state index in [2.05, 4.69) is 4.72 Å². The van der Waals surface area contributed by atoms with Gasteiger partial charge >= 0.3 is 0 Å². The van der Waals surface area contributed by atoms with E-state index in [1.165, 1.54) is 12.8 Å². The minimum absolute atomic E-state index is 0. The predicted molar refractivity (Wildman–Crippen MR) is 88.9 cm³/mol. The quantitative estimate of drug-likeness (QED) is 0.841. The van der Waals surface area contributed by atoms with Crippen molar-refractivity contribution in [1.82, 2.24) is 4.72 Å². The lowest BCUT2D eigenvalue weighted by atomic mass is 10.1. The molecule has 0 heterocycles. The minimum Gasteiger partial charge on any atom is -0.324 e. The zero-order valence-electron chi connectivity index (χ0n) is 12.4. The first-order valence-electron chi connectivity index (χ1n) is 7.28. The topological polar surface area (TPSA) is 72.2 Å². The minimum atomic E-state index is -3.16. The van der Waals surface area contributed by atoms with Crippen LogP contribution in [0, 0.1) is 5.92 Å². The van der Waals surface area contributed by atoms with Gasteiger partial charge in [-0.25, -0.2) is 13.1 Å². The molecule has 1 aromatic rings. The number of hydrogen-bond acceptors (Lipinski definition) is 3. The van der Waals surface area contributed by atoms with Crippen molar-refractivity contribution in [1.29, 1.82) is 0 Å². The molecule has 0 saturated heterocycles. The monoisotopic (exact) mass is 332 g/mol. The molecular weight excluding hydrogens is 308 g/mol. The highest BCUT2D eigenvalue weighted by atomic mass is 35.5. The number of halogens is 1. The number of nitrogens with one attached hydrogen (secondary N) is 1. The third-order valence-corrected chi connectivity index (χ3v) is 5.43. The summed E-state index contributed by atoms with van der Waals surface area (Å²) in [5.74, 6) is 0.609. The average molecular weight is 333 g/mol. The van der Waals surface area contributed by atoms with Crippen LogP contribution in [0.15, 0.2) is 24.3 Å². The van der Waals surface area contributed by atoms with Crippen molar-refractivity contribution in [2.24, 2.45) is 11.7 Å². The van der Waals surface area contributed by atoms with Gasteiger partial charge in [-0.1, -0.05) is 37.1 Å². The van der Waals surface area contributed by atoms with E-state index in [1.54, 1.807) is 0 Å². The van der Waals surface area contributed by atoms with E-state index in [9.17, 15) is 8.42 Å². The molecule has 1 atom stereocenters. The molecule has 120 valence electrons. The second kappa shape index (κ2) is 8.13. The highest BCUT2D eigenvalue weighted by Crippen LogP contribution is 2.25. The molecule has 1 saturated carbocycles. The van der Waals surface area contributed by atoms with Crippen LogP contribution in [-0.2, 0) is 16.6 Å². The Kier molecular flexibility index (Phi) is 7.13. The summed E-state index contributed by atoms with van der Waals surface area (Å²) in [5.41, 5.74) is 7.81. The summed E-state index contributed by atoms with van der Waals surface area (Å²) in [4.78, 5) is 0. The van der Waals surface area contributed by atoms with Crippen molar-refractivity contribution < 1.29 is 8.42 Å². The normalized spacial score (nSPS) is 17.4. The SMILES string of the molecule is CC(N)c1ccc(CNS(=O)(=O)CC2CCCC2)cc1.Cl. The molecule has 2 rings (SSSR count). The fourth-order valence-corrected chi connectivity index (χ4v) is 4.14. The fourth-order valence-electron chi connectivity index (χ4n) is 2.68. The Balaban J connectivity index is 0.00000220. The Morgan fingerprint density at radius 2 is 1.81 bits per heavy atom. The Hall–Kier alpha value is -0.620. The van der Waals surface area contributed by atoms with Crippen molar-refractivity contribution in [2.75, 3.05) is 5.75 Å². The zero-order chi connectivity index (χ0) is 14.6. The van der Waals surface area contributed by atoms with Crippen molar-refractivity contribution in [3.63, 3.8) is 0 Å². The van der Waals surface area contributed by atoms with Gasteiger partial charge in [-0.2, -0.15) is 0 Å². The molecule has 3 N–H and O–H groups in total. The summed E-state index contributed by atoms with van der Waals surface area (Å²) in [7, 11) is -3.16. The molecule has 1 aliphatic rings. The summed E-state index contributed by atoms with van der Waals surface area (Å²) in [6.07, 6.45) is 4.42. The molecule has 4 nitrogen and oxygen atoms in total. The molecular formula is C15H25ClN2O2S. The molecule has 0 aliphatic heterocycles. The van der Waals surface area contributed by atoms with Crippen LogP contribution in [-0.4, -0.2) is 14.2 Å². The van der Waals surface area contributed by atoms with E-state index >= 15 is 0 Å². The standard InChI is InChI=1S/C15H24N2O2S.ClH/c1-12(16)15-8-6-13(7-9-15)10-17-20(18,19)11-14-4-2-3-5-14;/h6-9,12,14,17H,2-5,10-11,16H2,1H3;1H. The van der Waals surface area contributed by atoms with Crippen molar-refractivity contribution >= 4 is 22.4 Å². The predicted octanol–water partition coefficient (Wildman–Crippen LogP) is 2.74. The summed E-state index contributed by atoms with van der Waals surface area (Å²) in [6, 6.07) is 7.76. The summed E-state index contributed by atoms with van der Waals surface area (Å²) in [5, 5.41) is 0. The molecule has 1 aliphatic carbocycles. The van der Waals surface area contributed by atoms with Crippen LogP contribution in [0.25, 0.3) is 0 Å². The number of hydrogen-bond donors (Lipinski definition) is 2. The number of nitrogens with two attached hydrogens (primary N) is 1. The average Bonchev–Trinajstić information content (AvgIpc) is 2.89. The van der Waals surface area contributed by atoms with Gasteiger partial charge in [-0.15, -0.1) is 12.4 Å². The van der Waals surface area contributed by atoms with E-state index < -0.39 is 10.0 Å². The van der Waals surface area contributed by atoms with Gasteiger partial charge in [0.15, 0.2) is 0 Å². The van der Waals surface area contributed by atoms with Gasteiger partial charge in [-0.3, -0.25) is 0 Å². The third-order valence-electron chi connectivity index (χ3n) is 3.93. The Labute approximate surface area is 134 Å². The number of benzene rings is 1. The summed E-state index contributed by atoms with van der Waals surface area (Å²) < 4.78 is 26.7. The fraction of sp³-hybridized carbons (Fsp3) is 0.600. The lowest BCUT2D eigenvalue weighted by molar-refractivity contribution is 0.547. The molecule has 21 heavy (non-hydrogen) atoms. The smallest absolute Gasteiger partial charge is 0.212 e. The summed E-state index contributed by atoms with van der Waals surface area (Å²) in [6.45, 7) is 2.29. The number of rotatable bonds is 6. The van der Waals surface area contributed by atoms with Crippen LogP contribution in [0.2, 0.25) is 0 Å². The van der Waals surface area contributed by atoms with Crippen molar-refractivity contribution in [3.8, 4) is 0 Å². The van der Waals surface area contributed by atoms with Gasteiger partial charge < -0.3 is 5.73 Å². The maximum atomic E-state index is 12.0.